The van der Waals surface area contributed by atoms with Crippen molar-refractivity contribution in [2.75, 3.05) is 20.1 Å². The van der Waals surface area contributed by atoms with Crippen LogP contribution in [0.25, 0.3) is 0 Å². The minimum absolute atomic E-state index is 0.0846. The van der Waals surface area contributed by atoms with E-state index >= 15 is 0 Å². The number of hydrogen-bond acceptors (Lipinski definition) is 3. The highest BCUT2D eigenvalue weighted by Gasteiger charge is 2.16. The molecule has 0 atom stereocenters. The maximum atomic E-state index is 11.8. The van der Waals surface area contributed by atoms with Gasteiger partial charge in [-0.3, -0.25) is 9.78 Å². The molecule has 0 fully saturated rings. The van der Waals surface area contributed by atoms with Gasteiger partial charge in [0.2, 0.25) is 0 Å². The Labute approximate surface area is 122 Å². The zero-order valence-electron chi connectivity index (χ0n) is 12.9. The van der Waals surface area contributed by atoms with Crippen LogP contribution in [-0.4, -0.2) is 31.0 Å². The van der Waals surface area contributed by atoms with Crippen LogP contribution in [0, 0.1) is 5.41 Å². The smallest absolute Gasteiger partial charge is 0.269 e. The monoisotopic (exact) mass is 277 g/mol. The first kappa shape index (κ1) is 16.6. The molecule has 4 heteroatoms. The summed E-state index contributed by atoms with van der Waals surface area (Å²) < 4.78 is 0. The fraction of sp³-hybridized carbons (Fsp3) is 0.625. The molecule has 0 bridgehead atoms. The molecular weight excluding hydrogens is 250 g/mol. The van der Waals surface area contributed by atoms with E-state index in [1.165, 1.54) is 12.8 Å². The van der Waals surface area contributed by atoms with Crippen LogP contribution in [0.1, 0.15) is 50.0 Å². The second kappa shape index (κ2) is 8.69. The fourth-order valence-corrected chi connectivity index (χ4v) is 2.23. The van der Waals surface area contributed by atoms with E-state index in [4.69, 9.17) is 0 Å². The standard InChI is InChI=1S/C16H27N3O/c1-16(2,9-6-11-17-3)10-7-13-19-15(20)14-8-4-5-12-18-14/h4-5,8,12,17H,6-7,9-11,13H2,1-3H3,(H,19,20). The Bertz CT molecular complexity index is 390. The molecule has 0 spiro atoms. The number of nitrogens with one attached hydrogen (secondary N) is 2. The Morgan fingerprint density at radius 3 is 2.50 bits per heavy atom. The van der Waals surface area contributed by atoms with Gasteiger partial charge >= 0.3 is 0 Å². The van der Waals surface area contributed by atoms with Crippen molar-refractivity contribution in [3.8, 4) is 0 Å². The quantitative estimate of drug-likeness (QED) is 0.682. The Kier molecular flexibility index (Phi) is 7.23. The molecule has 0 saturated heterocycles. The molecule has 0 aliphatic carbocycles. The summed E-state index contributed by atoms with van der Waals surface area (Å²) in [7, 11) is 1.99. The molecule has 1 aromatic heterocycles. The Morgan fingerprint density at radius 2 is 1.90 bits per heavy atom. The summed E-state index contributed by atoms with van der Waals surface area (Å²) >= 11 is 0. The zero-order chi connectivity index (χ0) is 14.8. The van der Waals surface area contributed by atoms with Gasteiger partial charge in [0.05, 0.1) is 0 Å². The van der Waals surface area contributed by atoms with Crippen LogP contribution in [0.5, 0.6) is 0 Å². The molecule has 0 aromatic carbocycles. The van der Waals surface area contributed by atoms with Gasteiger partial charge in [-0.25, -0.2) is 0 Å². The largest absolute Gasteiger partial charge is 0.351 e. The average molecular weight is 277 g/mol. The third-order valence-electron chi connectivity index (χ3n) is 3.49. The van der Waals surface area contributed by atoms with Crippen molar-refractivity contribution in [3.63, 3.8) is 0 Å². The molecule has 4 nitrogen and oxygen atoms in total. The minimum Gasteiger partial charge on any atom is -0.351 e. The van der Waals surface area contributed by atoms with Crippen molar-refractivity contribution in [3.05, 3.63) is 30.1 Å². The van der Waals surface area contributed by atoms with Gasteiger partial charge in [0.15, 0.2) is 0 Å². The first-order chi connectivity index (χ1) is 9.55. The van der Waals surface area contributed by atoms with Crippen LogP contribution >= 0.6 is 0 Å². The molecule has 1 rings (SSSR count). The van der Waals surface area contributed by atoms with E-state index in [2.05, 4.69) is 29.5 Å². The van der Waals surface area contributed by atoms with Crippen molar-refractivity contribution >= 4 is 5.91 Å². The lowest BCUT2D eigenvalue weighted by Gasteiger charge is -2.24. The first-order valence-corrected chi connectivity index (χ1v) is 7.39. The molecule has 0 aliphatic heterocycles. The number of amides is 1. The van der Waals surface area contributed by atoms with E-state index in [9.17, 15) is 4.79 Å². The summed E-state index contributed by atoms with van der Waals surface area (Å²) in [4.78, 5) is 15.8. The van der Waals surface area contributed by atoms with Crippen LogP contribution in [-0.2, 0) is 0 Å². The van der Waals surface area contributed by atoms with Crippen molar-refractivity contribution in [2.24, 2.45) is 5.41 Å². The molecule has 2 N–H and O–H groups in total. The van der Waals surface area contributed by atoms with Gasteiger partial charge in [-0.2, -0.15) is 0 Å². The predicted molar refractivity (Wildman–Crippen MR) is 82.7 cm³/mol. The third-order valence-corrected chi connectivity index (χ3v) is 3.49. The maximum Gasteiger partial charge on any atom is 0.269 e. The average Bonchev–Trinajstić information content (AvgIpc) is 2.44. The van der Waals surface area contributed by atoms with Gasteiger partial charge in [0, 0.05) is 12.7 Å². The van der Waals surface area contributed by atoms with Crippen molar-refractivity contribution in [1.82, 2.24) is 15.6 Å². The predicted octanol–water partition coefficient (Wildman–Crippen LogP) is 2.62. The number of pyridine rings is 1. The summed E-state index contributed by atoms with van der Waals surface area (Å²) in [6, 6.07) is 5.37. The van der Waals surface area contributed by atoms with Crippen LogP contribution in [0.4, 0.5) is 0 Å². The number of hydrogen-bond donors (Lipinski definition) is 2. The van der Waals surface area contributed by atoms with E-state index < -0.39 is 0 Å². The van der Waals surface area contributed by atoms with E-state index in [1.54, 1.807) is 12.3 Å². The number of nitrogens with zero attached hydrogens (tertiary/aromatic N) is 1. The molecule has 20 heavy (non-hydrogen) atoms. The highest BCUT2D eigenvalue weighted by Crippen LogP contribution is 2.27. The normalized spacial score (nSPS) is 11.3. The maximum absolute atomic E-state index is 11.8. The van der Waals surface area contributed by atoms with E-state index in [0.717, 1.165) is 19.4 Å². The van der Waals surface area contributed by atoms with Gasteiger partial charge in [-0.05, 0) is 56.8 Å². The first-order valence-electron chi connectivity index (χ1n) is 7.39. The van der Waals surface area contributed by atoms with Gasteiger partial charge < -0.3 is 10.6 Å². The SMILES string of the molecule is CNCCCC(C)(C)CCCNC(=O)c1ccccn1. The lowest BCUT2D eigenvalue weighted by molar-refractivity contribution is 0.0946. The summed E-state index contributed by atoms with van der Waals surface area (Å²) in [6.07, 6.45) is 6.18. The molecular formula is C16H27N3O. The fourth-order valence-electron chi connectivity index (χ4n) is 2.23. The van der Waals surface area contributed by atoms with Crippen LogP contribution < -0.4 is 10.6 Å². The lowest BCUT2D eigenvalue weighted by Crippen LogP contribution is -2.26. The highest BCUT2D eigenvalue weighted by molar-refractivity contribution is 5.92. The summed E-state index contributed by atoms with van der Waals surface area (Å²) in [5, 5.41) is 6.10. The van der Waals surface area contributed by atoms with Crippen molar-refractivity contribution in [2.45, 2.75) is 39.5 Å². The van der Waals surface area contributed by atoms with Crippen molar-refractivity contribution < 1.29 is 4.79 Å². The molecule has 112 valence electrons. The van der Waals surface area contributed by atoms with Crippen LogP contribution in [0.3, 0.4) is 0 Å². The number of aromatic nitrogens is 1. The summed E-state index contributed by atoms with van der Waals surface area (Å²) in [5.41, 5.74) is 0.827. The topological polar surface area (TPSA) is 54.0 Å². The van der Waals surface area contributed by atoms with Gasteiger partial charge in [0.1, 0.15) is 5.69 Å². The number of carbonyl (C=O) groups excluding carboxylic acids is 1. The minimum atomic E-state index is -0.0846. The molecule has 0 unspecified atom stereocenters. The van der Waals surface area contributed by atoms with Crippen LogP contribution in [0.2, 0.25) is 0 Å². The van der Waals surface area contributed by atoms with Crippen LogP contribution in [0.15, 0.2) is 24.4 Å². The lowest BCUT2D eigenvalue weighted by atomic mass is 9.83. The molecule has 0 aliphatic rings. The molecule has 0 radical (unpaired) electrons. The van der Waals surface area contributed by atoms with Crippen molar-refractivity contribution in [1.29, 1.82) is 0 Å². The second-order valence-electron chi connectivity index (χ2n) is 5.95. The van der Waals surface area contributed by atoms with E-state index in [0.29, 0.717) is 17.7 Å². The highest BCUT2D eigenvalue weighted by atomic mass is 16.1. The molecule has 1 heterocycles. The Morgan fingerprint density at radius 1 is 1.20 bits per heavy atom. The summed E-state index contributed by atoms with van der Waals surface area (Å²) in [6.45, 7) is 6.37. The summed E-state index contributed by atoms with van der Waals surface area (Å²) in [5.74, 6) is -0.0846. The molecule has 1 amide bonds. The van der Waals surface area contributed by atoms with Gasteiger partial charge in [0.25, 0.3) is 5.91 Å². The van der Waals surface area contributed by atoms with Gasteiger partial charge in [-0.1, -0.05) is 19.9 Å². The Hall–Kier alpha value is -1.42. The van der Waals surface area contributed by atoms with Gasteiger partial charge in [-0.15, -0.1) is 0 Å². The second-order valence-corrected chi connectivity index (χ2v) is 5.95. The Balaban J connectivity index is 2.19. The van der Waals surface area contributed by atoms with E-state index in [1.807, 2.05) is 19.2 Å². The zero-order valence-corrected chi connectivity index (χ0v) is 12.9. The number of carbonyl (C=O) groups is 1. The third kappa shape index (κ3) is 6.66. The molecule has 1 aromatic rings. The number of rotatable bonds is 9. The van der Waals surface area contributed by atoms with E-state index in [-0.39, 0.29) is 5.91 Å². The molecule has 0 saturated carbocycles.